The predicted molar refractivity (Wildman–Crippen MR) is 110 cm³/mol. The first-order chi connectivity index (χ1) is 14.6. The molecule has 7 heteroatoms. The standard InChI is InChI=1S/C23H26FN3O3/c24-18-3-1-16(2-4-18)22(28)25-20-5-6-21-17-11-15(13-27(21)23(20)29)12-26(14-17)19-7-9-30-10-8-19/h1-6,15,17,19H,7-14H2,(H,25,28)/p+1/t15-,17+/m0/s1. The summed E-state index contributed by atoms with van der Waals surface area (Å²) in [5, 5.41) is 2.71. The average molecular weight is 412 g/mol. The maximum atomic E-state index is 13.1. The van der Waals surface area contributed by atoms with Crippen LogP contribution in [0, 0.1) is 11.7 Å². The maximum Gasteiger partial charge on any atom is 0.274 e. The van der Waals surface area contributed by atoms with E-state index in [1.54, 1.807) is 11.0 Å². The van der Waals surface area contributed by atoms with E-state index >= 15 is 0 Å². The van der Waals surface area contributed by atoms with Crippen molar-refractivity contribution in [3.8, 4) is 0 Å². The van der Waals surface area contributed by atoms with Crippen LogP contribution in [0.15, 0.2) is 41.2 Å². The molecular formula is C23H27FN3O3+. The fraction of sp³-hybridized carbons (Fsp3) is 0.478. The summed E-state index contributed by atoms with van der Waals surface area (Å²) in [5.41, 5.74) is 1.54. The molecule has 3 atom stereocenters. The predicted octanol–water partition coefficient (Wildman–Crippen LogP) is 1.42. The normalized spacial score (nSPS) is 26.1. The van der Waals surface area contributed by atoms with Gasteiger partial charge in [-0.1, -0.05) is 0 Å². The molecule has 2 bridgehead atoms. The number of hydrogen-bond acceptors (Lipinski definition) is 3. The molecule has 1 aromatic heterocycles. The van der Waals surface area contributed by atoms with Crippen LogP contribution in [-0.2, 0) is 11.3 Å². The second kappa shape index (κ2) is 7.96. The van der Waals surface area contributed by atoms with E-state index in [1.807, 2.05) is 10.6 Å². The summed E-state index contributed by atoms with van der Waals surface area (Å²) in [5.74, 6) is 0.0578. The van der Waals surface area contributed by atoms with E-state index in [1.165, 1.54) is 24.3 Å². The van der Waals surface area contributed by atoms with Gasteiger partial charge in [-0.3, -0.25) is 9.59 Å². The zero-order chi connectivity index (χ0) is 20.7. The Hall–Kier alpha value is -2.51. The van der Waals surface area contributed by atoms with Crippen molar-refractivity contribution in [2.24, 2.45) is 5.92 Å². The molecule has 6 nitrogen and oxygen atoms in total. The molecule has 0 spiro atoms. The van der Waals surface area contributed by atoms with Crippen LogP contribution >= 0.6 is 0 Å². The molecule has 158 valence electrons. The SMILES string of the molecule is O=C(Nc1ccc2n(c1=O)C[C@H]1C[C@@H]2C[NH+](C2CCOCC2)C1)c1ccc(F)cc1. The van der Waals surface area contributed by atoms with Crippen molar-refractivity contribution in [1.29, 1.82) is 0 Å². The Morgan fingerprint density at radius 3 is 2.63 bits per heavy atom. The minimum Gasteiger partial charge on any atom is -0.381 e. The van der Waals surface area contributed by atoms with Gasteiger partial charge in [0.15, 0.2) is 0 Å². The first-order valence-electron chi connectivity index (χ1n) is 10.8. The van der Waals surface area contributed by atoms with Crippen LogP contribution in [0.3, 0.4) is 0 Å². The molecule has 4 heterocycles. The summed E-state index contributed by atoms with van der Waals surface area (Å²) in [6.45, 7) is 4.58. The van der Waals surface area contributed by atoms with Gasteiger partial charge >= 0.3 is 0 Å². The Labute approximate surface area is 174 Å². The zero-order valence-corrected chi connectivity index (χ0v) is 16.9. The van der Waals surface area contributed by atoms with Crippen molar-refractivity contribution in [3.63, 3.8) is 0 Å². The fourth-order valence-electron chi connectivity index (χ4n) is 5.43. The number of aromatic nitrogens is 1. The van der Waals surface area contributed by atoms with Crippen LogP contribution in [0.4, 0.5) is 10.1 Å². The summed E-state index contributed by atoms with van der Waals surface area (Å²) in [6.07, 6.45) is 3.37. The maximum absolute atomic E-state index is 13.1. The molecule has 2 N–H and O–H groups in total. The monoisotopic (exact) mass is 412 g/mol. The smallest absolute Gasteiger partial charge is 0.274 e. The number of rotatable bonds is 3. The van der Waals surface area contributed by atoms with Crippen LogP contribution < -0.4 is 15.8 Å². The lowest BCUT2D eigenvalue weighted by Crippen LogP contribution is -3.18. The van der Waals surface area contributed by atoms with Crippen molar-refractivity contribution in [1.82, 2.24) is 4.57 Å². The number of anilines is 1. The lowest BCUT2D eigenvalue weighted by Gasteiger charge is -2.44. The number of quaternary nitrogens is 1. The van der Waals surface area contributed by atoms with Gasteiger partial charge in [0.05, 0.1) is 32.3 Å². The van der Waals surface area contributed by atoms with Crippen molar-refractivity contribution in [2.45, 2.75) is 37.8 Å². The van der Waals surface area contributed by atoms with Gasteiger partial charge in [-0.15, -0.1) is 0 Å². The van der Waals surface area contributed by atoms with Crippen LogP contribution in [0.1, 0.15) is 41.2 Å². The highest BCUT2D eigenvalue weighted by atomic mass is 19.1. The molecule has 1 unspecified atom stereocenters. The molecule has 2 fully saturated rings. The van der Waals surface area contributed by atoms with Crippen LogP contribution in [0.5, 0.6) is 0 Å². The number of halogens is 1. The third-order valence-corrected chi connectivity index (χ3v) is 6.90. The highest BCUT2D eigenvalue weighted by Gasteiger charge is 2.40. The lowest BCUT2D eigenvalue weighted by atomic mass is 9.82. The number of nitrogens with one attached hydrogen (secondary N) is 2. The number of carbonyl (C=O) groups excluding carboxylic acids is 1. The van der Waals surface area contributed by atoms with Gasteiger partial charge in [0, 0.05) is 42.5 Å². The highest BCUT2D eigenvalue weighted by Crippen LogP contribution is 2.31. The van der Waals surface area contributed by atoms with E-state index in [9.17, 15) is 14.0 Å². The number of likely N-dealkylation sites (tertiary alicyclic amines) is 1. The van der Waals surface area contributed by atoms with E-state index in [-0.39, 0.29) is 11.2 Å². The van der Waals surface area contributed by atoms with Gasteiger partial charge in [0.2, 0.25) is 0 Å². The van der Waals surface area contributed by atoms with Gasteiger partial charge in [-0.05, 0) is 42.8 Å². The number of fused-ring (bicyclic) bond motifs is 4. The van der Waals surface area contributed by atoms with Crippen molar-refractivity contribution >= 4 is 11.6 Å². The molecular weight excluding hydrogens is 385 g/mol. The Morgan fingerprint density at radius 1 is 1.10 bits per heavy atom. The number of carbonyl (C=O) groups is 1. The van der Waals surface area contributed by atoms with Crippen molar-refractivity contribution in [2.75, 3.05) is 31.6 Å². The number of amides is 1. The van der Waals surface area contributed by atoms with Gasteiger partial charge in [-0.25, -0.2) is 4.39 Å². The largest absolute Gasteiger partial charge is 0.381 e. The molecule has 0 radical (unpaired) electrons. The van der Waals surface area contributed by atoms with Gasteiger partial charge in [-0.2, -0.15) is 0 Å². The van der Waals surface area contributed by atoms with Gasteiger partial charge in [0.25, 0.3) is 11.5 Å². The van der Waals surface area contributed by atoms with Gasteiger partial charge in [0.1, 0.15) is 11.5 Å². The lowest BCUT2D eigenvalue weighted by molar-refractivity contribution is -0.937. The second-order valence-corrected chi connectivity index (χ2v) is 8.80. The van der Waals surface area contributed by atoms with E-state index in [0.717, 1.165) is 51.3 Å². The van der Waals surface area contributed by atoms with Crippen LogP contribution in [0.2, 0.25) is 0 Å². The topological polar surface area (TPSA) is 64.8 Å². The summed E-state index contributed by atoms with van der Waals surface area (Å²) in [6, 6.07) is 9.69. The number of hydrogen-bond donors (Lipinski definition) is 2. The van der Waals surface area contributed by atoms with E-state index in [0.29, 0.717) is 30.0 Å². The summed E-state index contributed by atoms with van der Waals surface area (Å²) in [4.78, 5) is 27.2. The Morgan fingerprint density at radius 2 is 1.87 bits per heavy atom. The third kappa shape index (κ3) is 3.68. The van der Waals surface area contributed by atoms with Crippen LogP contribution in [-0.4, -0.2) is 42.8 Å². The first kappa shape index (κ1) is 19.5. The Balaban J connectivity index is 1.36. The Bertz CT molecular complexity index is 998. The van der Waals surface area contributed by atoms with Crippen LogP contribution in [0.25, 0.3) is 0 Å². The average Bonchev–Trinajstić information content (AvgIpc) is 2.77. The molecule has 3 aliphatic heterocycles. The summed E-state index contributed by atoms with van der Waals surface area (Å²) in [7, 11) is 0. The number of pyridine rings is 1. The molecule has 3 aliphatic rings. The molecule has 2 aromatic rings. The molecule has 30 heavy (non-hydrogen) atoms. The number of piperidine rings is 1. The number of benzene rings is 1. The first-order valence-corrected chi connectivity index (χ1v) is 10.8. The number of ether oxygens (including phenoxy) is 1. The molecule has 2 saturated heterocycles. The highest BCUT2D eigenvalue weighted by molar-refractivity contribution is 6.04. The zero-order valence-electron chi connectivity index (χ0n) is 16.9. The molecule has 1 amide bonds. The minimum absolute atomic E-state index is 0.146. The minimum atomic E-state index is -0.404. The summed E-state index contributed by atoms with van der Waals surface area (Å²) >= 11 is 0. The van der Waals surface area contributed by atoms with Crippen molar-refractivity contribution < 1.29 is 18.8 Å². The van der Waals surface area contributed by atoms with Gasteiger partial charge < -0.3 is 19.5 Å². The fourth-order valence-corrected chi connectivity index (χ4v) is 5.43. The van der Waals surface area contributed by atoms with E-state index < -0.39 is 11.7 Å². The Kier molecular flexibility index (Phi) is 5.16. The number of nitrogens with zero attached hydrogens (tertiary/aromatic N) is 1. The second-order valence-electron chi connectivity index (χ2n) is 8.80. The summed E-state index contributed by atoms with van der Waals surface area (Å²) < 4.78 is 20.5. The third-order valence-electron chi connectivity index (χ3n) is 6.90. The van der Waals surface area contributed by atoms with E-state index in [4.69, 9.17) is 4.74 Å². The quantitative estimate of drug-likeness (QED) is 0.802. The van der Waals surface area contributed by atoms with E-state index in [2.05, 4.69) is 5.32 Å². The van der Waals surface area contributed by atoms with Crippen molar-refractivity contribution in [3.05, 3.63) is 63.8 Å². The molecule has 0 saturated carbocycles. The molecule has 1 aromatic carbocycles. The molecule has 0 aliphatic carbocycles. The molecule has 5 rings (SSSR count).